The molecule has 0 aromatic heterocycles. The van der Waals surface area contributed by atoms with Gasteiger partial charge in [-0.15, -0.1) is 0 Å². The highest BCUT2D eigenvalue weighted by Gasteiger charge is 2.19. The summed E-state index contributed by atoms with van der Waals surface area (Å²) in [6, 6.07) is 7.67. The molecule has 1 heterocycles. The van der Waals surface area contributed by atoms with Crippen LogP contribution in [0.5, 0.6) is 0 Å². The van der Waals surface area contributed by atoms with Crippen molar-refractivity contribution in [2.45, 2.75) is 58.0 Å². The molecule has 2 atom stereocenters. The summed E-state index contributed by atoms with van der Waals surface area (Å²) in [5.74, 6) is 0. The standard InChI is InChI=1S/C16H25BrN2/c1-3-14(18)10-13-7-8-15(11-16(13)17)19-9-5-4-6-12(19)2/h7-8,11-12,14H,3-6,9-10,18H2,1-2H3. The molecule has 19 heavy (non-hydrogen) atoms. The molecule has 0 radical (unpaired) electrons. The van der Waals surface area contributed by atoms with Crippen molar-refractivity contribution in [1.29, 1.82) is 0 Å². The summed E-state index contributed by atoms with van der Waals surface area (Å²) in [7, 11) is 0. The Morgan fingerprint density at radius 2 is 2.21 bits per heavy atom. The van der Waals surface area contributed by atoms with E-state index in [1.54, 1.807) is 0 Å². The Bertz CT molecular complexity index is 419. The molecular formula is C16H25BrN2. The largest absolute Gasteiger partial charge is 0.369 e. The molecule has 0 amide bonds. The van der Waals surface area contributed by atoms with Crippen LogP contribution in [-0.4, -0.2) is 18.6 Å². The molecular weight excluding hydrogens is 300 g/mol. The fourth-order valence-electron chi connectivity index (χ4n) is 2.79. The van der Waals surface area contributed by atoms with E-state index in [9.17, 15) is 0 Å². The van der Waals surface area contributed by atoms with E-state index in [0.717, 1.165) is 12.8 Å². The number of halogens is 1. The molecule has 2 nitrogen and oxygen atoms in total. The maximum absolute atomic E-state index is 6.05. The number of anilines is 1. The molecule has 1 aromatic rings. The number of hydrogen-bond donors (Lipinski definition) is 1. The van der Waals surface area contributed by atoms with Gasteiger partial charge in [0.25, 0.3) is 0 Å². The lowest BCUT2D eigenvalue weighted by molar-refractivity contribution is 0.485. The Labute approximate surface area is 125 Å². The summed E-state index contributed by atoms with van der Waals surface area (Å²) in [5.41, 5.74) is 8.71. The fourth-order valence-corrected chi connectivity index (χ4v) is 3.32. The maximum Gasteiger partial charge on any atom is 0.0380 e. The Kier molecular flexibility index (Phi) is 5.28. The summed E-state index contributed by atoms with van der Waals surface area (Å²) < 4.78 is 1.20. The third kappa shape index (κ3) is 3.73. The van der Waals surface area contributed by atoms with Crippen LogP contribution in [0.25, 0.3) is 0 Å². The summed E-state index contributed by atoms with van der Waals surface area (Å²) in [6.07, 6.45) is 5.96. The van der Waals surface area contributed by atoms with Gasteiger partial charge in [-0.3, -0.25) is 0 Å². The molecule has 3 heteroatoms. The Morgan fingerprint density at radius 1 is 1.42 bits per heavy atom. The van der Waals surface area contributed by atoms with E-state index in [-0.39, 0.29) is 6.04 Å². The molecule has 1 aromatic carbocycles. The highest BCUT2D eigenvalue weighted by molar-refractivity contribution is 9.10. The van der Waals surface area contributed by atoms with Crippen molar-refractivity contribution in [2.24, 2.45) is 5.73 Å². The van der Waals surface area contributed by atoms with Gasteiger partial charge in [0.15, 0.2) is 0 Å². The molecule has 1 saturated heterocycles. The Morgan fingerprint density at radius 3 is 2.84 bits per heavy atom. The molecule has 1 aliphatic rings. The molecule has 2 unspecified atom stereocenters. The SMILES string of the molecule is CCC(N)Cc1ccc(N2CCCCC2C)cc1Br. The minimum atomic E-state index is 0.260. The van der Waals surface area contributed by atoms with Gasteiger partial charge in [-0.2, -0.15) is 0 Å². The third-order valence-electron chi connectivity index (χ3n) is 4.18. The van der Waals surface area contributed by atoms with Crippen LogP contribution in [0, 0.1) is 0 Å². The van der Waals surface area contributed by atoms with E-state index in [4.69, 9.17) is 5.73 Å². The smallest absolute Gasteiger partial charge is 0.0380 e. The highest BCUT2D eigenvalue weighted by Crippen LogP contribution is 2.29. The molecule has 106 valence electrons. The van der Waals surface area contributed by atoms with Gasteiger partial charge in [-0.25, -0.2) is 0 Å². The van der Waals surface area contributed by atoms with Gasteiger partial charge in [-0.1, -0.05) is 28.9 Å². The number of nitrogens with two attached hydrogens (primary N) is 1. The van der Waals surface area contributed by atoms with Crippen molar-refractivity contribution in [3.63, 3.8) is 0 Å². The normalized spacial score (nSPS) is 21.5. The predicted molar refractivity (Wildman–Crippen MR) is 86.8 cm³/mol. The van der Waals surface area contributed by atoms with Gasteiger partial charge < -0.3 is 10.6 Å². The Hall–Kier alpha value is -0.540. The van der Waals surface area contributed by atoms with Crippen molar-refractivity contribution >= 4 is 21.6 Å². The average molecular weight is 325 g/mol. The van der Waals surface area contributed by atoms with Gasteiger partial charge in [0.2, 0.25) is 0 Å². The number of piperidine rings is 1. The minimum Gasteiger partial charge on any atom is -0.369 e. The fraction of sp³-hybridized carbons (Fsp3) is 0.625. The molecule has 0 aliphatic carbocycles. The van der Waals surface area contributed by atoms with Crippen molar-refractivity contribution < 1.29 is 0 Å². The van der Waals surface area contributed by atoms with E-state index < -0.39 is 0 Å². The first-order valence-electron chi connectivity index (χ1n) is 7.42. The topological polar surface area (TPSA) is 29.3 Å². The zero-order valence-electron chi connectivity index (χ0n) is 12.0. The molecule has 1 aliphatic heterocycles. The highest BCUT2D eigenvalue weighted by atomic mass is 79.9. The van der Waals surface area contributed by atoms with Crippen molar-refractivity contribution in [2.75, 3.05) is 11.4 Å². The van der Waals surface area contributed by atoms with E-state index in [1.807, 2.05) is 0 Å². The predicted octanol–water partition coefficient (Wildman–Crippen LogP) is 4.11. The van der Waals surface area contributed by atoms with E-state index in [1.165, 1.54) is 41.5 Å². The molecule has 0 saturated carbocycles. The minimum absolute atomic E-state index is 0.260. The van der Waals surface area contributed by atoms with Gasteiger partial charge >= 0.3 is 0 Å². The van der Waals surface area contributed by atoms with Crippen LogP contribution < -0.4 is 10.6 Å². The summed E-state index contributed by atoms with van der Waals surface area (Å²) in [6.45, 7) is 5.65. The zero-order chi connectivity index (χ0) is 13.8. The first-order chi connectivity index (χ1) is 9.11. The van der Waals surface area contributed by atoms with Crippen LogP contribution in [0.15, 0.2) is 22.7 Å². The van der Waals surface area contributed by atoms with Crippen LogP contribution in [0.1, 0.15) is 45.1 Å². The van der Waals surface area contributed by atoms with Crippen LogP contribution in [-0.2, 0) is 6.42 Å². The lowest BCUT2D eigenvalue weighted by Gasteiger charge is -2.35. The number of nitrogens with zero attached hydrogens (tertiary/aromatic N) is 1. The van der Waals surface area contributed by atoms with Gasteiger partial charge in [-0.05, 0) is 56.7 Å². The molecule has 1 fully saturated rings. The van der Waals surface area contributed by atoms with Crippen molar-refractivity contribution in [1.82, 2.24) is 0 Å². The lowest BCUT2D eigenvalue weighted by atomic mass is 10.0. The second kappa shape index (κ2) is 6.76. The van der Waals surface area contributed by atoms with Crippen LogP contribution in [0.3, 0.4) is 0 Å². The summed E-state index contributed by atoms with van der Waals surface area (Å²) in [5, 5.41) is 0. The second-order valence-corrected chi connectivity index (χ2v) is 6.54. The van der Waals surface area contributed by atoms with E-state index >= 15 is 0 Å². The Balaban J connectivity index is 2.13. The molecule has 0 spiro atoms. The van der Waals surface area contributed by atoms with E-state index in [0.29, 0.717) is 6.04 Å². The van der Waals surface area contributed by atoms with Gasteiger partial charge in [0.05, 0.1) is 0 Å². The maximum atomic E-state index is 6.05. The monoisotopic (exact) mass is 324 g/mol. The summed E-state index contributed by atoms with van der Waals surface area (Å²) in [4.78, 5) is 2.53. The number of rotatable bonds is 4. The van der Waals surface area contributed by atoms with Crippen LogP contribution in [0.4, 0.5) is 5.69 Å². The van der Waals surface area contributed by atoms with Crippen LogP contribution >= 0.6 is 15.9 Å². The first kappa shape index (κ1) is 14.9. The van der Waals surface area contributed by atoms with Gasteiger partial charge in [0.1, 0.15) is 0 Å². The molecule has 0 bridgehead atoms. The number of hydrogen-bond acceptors (Lipinski definition) is 2. The van der Waals surface area contributed by atoms with Crippen LogP contribution in [0.2, 0.25) is 0 Å². The third-order valence-corrected chi connectivity index (χ3v) is 4.92. The van der Waals surface area contributed by atoms with Crippen molar-refractivity contribution in [3.8, 4) is 0 Å². The van der Waals surface area contributed by atoms with Crippen molar-refractivity contribution in [3.05, 3.63) is 28.2 Å². The quantitative estimate of drug-likeness (QED) is 0.903. The van der Waals surface area contributed by atoms with Gasteiger partial charge in [0, 0.05) is 28.8 Å². The molecule has 2 rings (SSSR count). The molecule has 2 N–H and O–H groups in total. The number of benzene rings is 1. The zero-order valence-corrected chi connectivity index (χ0v) is 13.6. The summed E-state index contributed by atoms with van der Waals surface area (Å²) >= 11 is 3.71. The average Bonchev–Trinajstić information content (AvgIpc) is 2.41. The first-order valence-corrected chi connectivity index (χ1v) is 8.21. The lowest BCUT2D eigenvalue weighted by Crippen LogP contribution is -2.37. The van der Waals surface area contributed by atoms with E-state index in [2.05, 4.69) is 52.9 Å². The second-order valence-electron chi connectivity index (χ2n) is 5.69.